The molecule has 0 saturated carbocycles. The molecule has 158 valence electrons. The largest absolute Gasteiger partial charge is 0.497 e. The number of fused-ring (bicyclic) bond motifs is 1. The predicted octanol–water partition coefficient (Wildman–Crippen LogP) is 4.27. The Kier molecular flexibility index (Phi) is 6.94. The number of hydrogen-bond donors (Lipinski definition) is 1. The quantitative estimate of drug-likeness (QED) is 0.261. The van der Waals surface area contributed by atoms with Gasteiger partial charge in [-0.2, -0.15) is 5.10 Å². The number of aromatic nitrogens is 2. The molecule has 1 N–H and O–H groups in total. The SMILES string of the molecule is COc1cccc(/C=N/NC(=O)CSc2nc(-c3ccccc3)nc3c2CCCC3)c1. The zero-order chi connectivity index (χ0) is 21.5. The summed E-state index contributed by atoms with van der Waals surface area (Å²) < 4.78 is 5.19. The number of rotatable bonds is 7. The van der Waals surface area contributed by atoms with E-state index in [1.807, 2.05) is 54.6 Å². The first-order chi connectivity index (χ1) is 15.2. The highest BCUT2D eigenvalue weighted by atomic mass is 32.2. The molecule has 0 bridgehead atoms. The van der Waals surface area contributed by atoms with Crippen LogP contribution in [0.5, 0.6) is 5.75 Å². The molecule has 0 unspecified atom stereocenters. The van der Waals surface area contributed by atoms with Gasteiger partial charge in [0.2, 0.25) is 5.91 Å². The summed E-state index contributed by atoms with van der Waals surface area (Å²) in [6.07, 6.45) is 5.79. The Morgan fingerprint density at radius 3 is 2.81 bits per heavy atom. The molecule has 0 fully saturated rings. The van der Waals surface area contributed by atoms with Gasteiger partial charge >= 0.3 is 0 Å². The first-order valence-corrected chi connectivity index (χ1v) is 11.3. The van der Waals surface area contributed by atoms with Crippen LogP contribution < -0.4 is 10.2 Å². The number of carbonyl (C=O) groups excluding carboxylic acids is 1. The molecule has 31 heavy (non-hydrogen) atoms. The Bertz CT molecular complexity index is 1090. The molecule has 1 aliphatic carbocycles. The van der Waals surface area contributed by atoms with Crippen LogP contribution >= 0.6 is 11.8 Å². The lowest BCUT2D eigenvalue weighted by Gasteiger charge is -2.18. The van der Waals surface area contributed by atoms with Crippen LogP contribution in [0.25, 0.3) is 11.4 Å². The highest BCUT2D eigenvalue weighted by molar-refractivity contribution is 7.99. The third-order valence-corrected chi connectivity index (χ3v) is 6.03. The van der Waals surface area contributed by atoms with Gasteiger partial charge in [0.05, 0.1) is 19.1 Å². The third-order valence-electron chi connectivity index (χ3n) is 5.01. The number of hydrazone groups is 1. The number of hydrogen-bond acceptors (Lipinski definition) is 6. The highest BCUT2D eigenvalue weighted by Crippen LogP contribution is 2.31. The van der Waals surface area contributed by atoms with Crippen LogP contribution in [0.3, 0.4) is 0 Å². The van der Waals surface area contributed by atoms with Crippen molar-refractivity contribution >= 4 is 23.9 Å². The van der Waals surface area contributed by atoms with Crippen LogP contribution in [-0.4, -0.2) is 35.0 Å². The minimum Gasteiger partial charge on any atom is -0.497 e. The zero-order valence-electron chi connectivity index (χ0n) is 17.4. The first kappa shape index (κ1) is 21.1. The Labute approximate surface area is 186 Å². The molecule has 1 heterocycles. The molecule has 0 radical (unpaired) electrons. The molecule has 1 amide bonds. The Morgan fingerprint density at radius 1 is 1.13 bits per heavy atom. The van der Waals surface area contributed by atoms with Gasteiger partial charge in [0, 0.05) is 16.8 Å². The highest BCUT2D eigenvalue weighted by Gasteiger charge is 2.19. The van der Waals surface area contributed by atoms with E-state index in [0.29, 0.717) is 0 Å². The molecule has 7 heteroatoms. The van der Waals surface area contributed by atoms with Crippen molar-refractivity contribution in [2.75, 3.05) is 12.9 Å². The second-order valence-electron chi connectivity index (χ2n) is 7.21. The maximum absolute atomic E-state index is 12.3. The average molecular weight is 433 g/mol. The van der Waals surface area contributed by atoms with Crippen molar-refractivity contribution in [1.29, 1.82) is 0 Å². The van der Waals surface area contributed by atoms with Gasteiger partial charge in [0.1, 0.15) is 10.8 Å². The summed E-state index contributed by atoms with van der Waals surface area (Å²) in [6, 6.07) is 17.5. The second-order valence-corrected chi connectivity index (χ2v) is 8.17. The lowest BCUT2D eigenvalue weighted by molar-refractivity contribution is -0.118. The van der Waals surface area contributed by atoms with Crippen molar-refractivity contribution in [2.24, 2.45) is 5.10 Å². The fourth-order valence-electron chi connectivity index (χ4n) is 3.46. The first-order valence-electron chi connectivity index (χ1n) is 10.3. The van der Waals surface area contributed by atoms with Crippen molar-refractivity contribution in [3.05, 3.63) is 71.4 Å². The van der Waals surface area contributed by atoms with Crippen LogP contribution in [0.15, 0.2) is 64.7 Å². The van der Waals surface area contributed by atoms with E-state index in [1.165, 1.54) is 17.3 Å². The minimum absolute atomic E-state index is 0.173. The van der Waals surface area contributed by atoms with E-state index < -0.39 is 0 Å². The Hall–Kier alpha value is -3.19. The number of benzene rings is 2. The van der Waals surface area contributed by atoms with Crippen LogP contribution in [0.4, 0.5) is 0 Å². The summed E-state index contributed by atoms with van der Waals surface area (Å²) in [5.74, 6) is 1.54. The molecule has 1 aliphatic rings. The molecule has 0 atom stereocenters. The van der Waals surface area contributed by atoms with E-state index >= 15 is 0 Å². The smallest absolute Gasteiger partial charge is 0.250 e. The number of nitrogens with zero attached hydrogens (tertiary/aromatic N) is 3. The van der Waals surface area contributed by atoms with Gasteiger partial charge in [-0.3, -0.25) is 4.79 Å². The normalized spacial score (nSPS) is 13.1. The number of thioether (sulfide) groups is 1. The number of ether oxygens (including phenoxy) is 1. The molecule has 4 rings (SSSR count). The van der Waals surface area contributed by atoms with Crippen LogP contribution in [0, 0.1) is 0 Å². The monoisotopic (exact) mass is 432 g/mol. The average Bonchev–Trinajstić information content (AvgIpc) is 2.83. The van der Waals surface area contributed by atoms with E-state index in [-0.39, 0.29) is 11.7 Å². The minimum atomic E-state index is -0.173. The second kappa shape index (κ2) is 10.2. The molecule has 0 saturated heterocycles. The lowest BCUT2D eigenvalue weighted by atomic mass is 9.97. The fourth-order valence-corrected chi connectivity index (χ4v) is 4.34. The number of nitrogens with one attached hydrogen (secondary N) is 1. The van der Waals surface area contributed by atoms with Crippen LogP contribution in [-0.2, 0) is 17.6 Å². The number of carbonyl (C=O) groups is 1. The van der Waals surface area contributed by atoms with Crippen LogP contribution in [0.2, 0.25) is 0 Å². The Balaban J connectivity index is 1.43. The van der Waals surface area contributed by atoms with Gasteiger partial charge in [-0.1, -0.05) is 54.2 Å². The van der Waals surface area contributed by atoms with Crippen LogP contribution in [0.1, 0.15) is 29.7 Å². The number of amides is 1. The van der Waals surface area contributed by atoms with E-state index in [9.17, 15) is 4.79 Å². The maximum atomic E-state index is 12.3. The van der Waals surface area contributed by atoms with E-state index in [0.717, 1.165) is 59.1 Å². The number of aryl methyl sites for hydroxylation is 1. The fraction of sp³-hybridized carbons (Fsp3) is 0.250. The van der Waals surface area contributed by atoms with E-state index in [2.05, 4.69) is 10.5 Å². The van der Waals surface area contributed by atoms with E-state index in [4.69, 9.17) is 14.7 Å². The molecule has 1 aromatic heterocycles. The summed E-state index contributed by atoms with van der Waals surface area (Å²) >= 11 is 1.45. The van der Waals surface area contributed by atoms with Gasteiger partial charge in [0.15, 0.2) is 5.82 Å². The van der Waals surface area contributed by atoms with Crippen molar-refractivity contribution in [2.45, 2.75) is 30.7 Å². The van der Waals surface area contributed by atoms with Crippen molar-refractivity contribution in [3.63, 3.8) is 0 Å². The number of methoxy groups -OCH3 is 1. The summed E-state index contributed by atoms with van der Waals surface area (Å²) in [6.45, 7) is 0. The Morgan fingerprint density at radius 2 is 1.97 bits per heavy atom. The van der Waals surface area contributed by atoms with Gasteiger partial charge < -0.3 is 4.74 Å². The van der Waals surface area contributed by atoms with Gasteiger partial charge in [-0.05, 0) is 43.4 Å². The molecular formula is C24H24N4O2S. The summed E-state index contributed by atoms with van der Waals surface area (Å²) in [5.41, 5.74) is 6.73. The third kappa shape index (κ3) is 5.49. The van der Waals surface area contributed by atoms with Crippen molar-refractivity contribution in [1.82, 2.24) is 15.4 Å². The predicted molar refractivity (Wildman–Crippen MR) is 124 cm³/mol. The summed E-state index contributed by atoms with van der Waals surface area (Å²) in [7, 11) is 1.62. The zero-order valence-corrected chi connectivity index (χ0v) is 18.2. The molecule has 2 aromatic carbocycles. The topological polar surface area (TPSA) is 76.5 Å². The van der Waals surface area contributed by atoms with Gasteiger partial charge in [-0.25, -0.2) is 15.4 Å². The molecule has 3 aromatic rings. The maximum Gasteiger partial charge on any atom is 0.250 e. The molecular weight excluding hydrogens is 408 g/mol. The lowest BCUT2D eigenvalue weighted by Crippen LogP contribution is -2.20. The molecule has 0 aliphatic heterocycles. The van der Waals surface area contributed by atoms with Crippen molar-refractivity contribution in [3.8, 4) is 17.1 Å². The standard InChI is InChI=1S/C24H24N4O2S/c1-30-19-11-7-8-17(14-19)15-25-28-22(29)16-31-24-20-12-5-6-13-21(20)26-23(27-24)18-9-3-2-4-10-18/h2-4,7-11,14-15H,5-6,12-13,16H2,1H3,(H,28,29)/b25-15+. The summed E-state index contributed by atoms with van der Waals surface area (Å²) in [4.78, 5) is 21.9. The molecule has 0 spiro atoms. The van der Waals surface area contributed by atoms with Gasteiger partial charge in [0.25, 0.3) is 0 Å². The summed E-state index contributed by atoms with van der Waals surface area (Å²) in [5, 5.41) is 4.95. The van der Waals surface area contributed by atoms with Gasteiger partial charge in [-0.15, -0.1) is 0 Å². The van der Waals surface area contributed by atoms with E-state index in [1.54, 1.807) is 13.3 Å². The van der Waals surface area contributed by atoms with Crippen molar-refractivity contribution < 1.29 is 9.53 Å². The molecule has 6 nitrogen and oxygen atoms in total.